The summed E-state index contributed by atoms with van der Waals surface area (Å²) in [5.74, 6) is 0. The third-order valence-corrected chi connectivity index (χ3v) is 1.48. The highest BCUT2D eigenvalue weighted by atomic mass is 16.1. The van der Waals surface area contributed by atoms with Gasteiger partial charge in [0, 0.05) is 6.54 Å². The average Bonchev–Trinajstić information content (AvgIpc) is 2.23. The van der Waals surface area contributed by atoms with Crippen molar-refractivity contribution in [3.05, 3.63) is 35.9 Å². The van der Waals surface area contributed by atoms with E-state index in [0.717, 1.165) is 12.8 Å². The molecule has 0 aromatic heterocycles. The van der Waals surface area contributed by atoms with Crippen LogP contribution < -0.4 is 5.32 Å². The molecule has 1 aromatic rings. The first-order valence-corrected chi connectivity index (χ1v) is 4.64. The largest absolute Gasteiger partial charge is 0.358 e. The predicted octanol–water partition coefficient (Wildman–Crippen LogP) is 2.00. The maximum atomic E-state index is 9.88. The molecule has 1 aromatic carbocycles. The smallest absolute Gasteiger partial charge is 0.207 e. The Bertz CT molecular complexity index is 209. The molecule has 0 saturated carbocycles. The topological polar surface area (TPSA) is 29.1 Å². The van der Waals surface area contributed by atoms with E-state index in [2.05, 4.69) is 5.32 Å². The van der Waals surface area contributed by atoms with Crippen molar-refractivity contribution in [1.29, 1.82) is 0 Å². The molecule has 0 aliphatic carbocycles. The lowest BCUT2D eigenvalue weighted by Crippen LogP contribution is -2.14. The van der Waals surface area contributed by atoms with Crippen molar-refractivity contribution < 1.29 is 4.79 Å². The Morgan fingerprint density at radius 3 is 2.38 bits per heavy atom. The molecule has 0 heterocycles. The number of hydrogen-bond donors (Lipinski definition) is 1. The molecule has 0 saturated heterocycles. The molecule has 0 radical (unpaired) electrons. The molecule has 0 aliphatic rings. The van der Waals surface area contributed by atoms with Gasteiger partial charge in [0.15, 0.2) is 0 Å². The highest BCUT2D eigenvalue weighted by Gasteiger charge is 1.88. The number of benzene rings is 1. The molecule has 0 atom stereocenters. The molecule has 0 aliphatic heterocycles. The molecule has 1 amide bonds. The van der Waals surface area contributed by atoms with Gasteiger partial charge >= 0.3 is 0 Å². The zero-order valence-corrected chi connectivity index (χ0v) is 8.29. The molecule has 72 valence electrons. The SMILES string of the molecule is CC.O=CNCCc1ccccc1. The van der Waals surface area contributed by atoms with E-state index >= 15 is 0 Å². The van der Waals surface area contributed by atoms with Crippen LogP contribution in [-0.2, 0) is 11.2 Å². The second-order valence-corrected chi connectivity index (χ2v) is 2.31. The van der Waals surface area contributed by atoms with Crippen LogP contribution >= 0.6 is 0 Å². The fourth-order valence-corrected chi connectivity index (χ4v) is 0.920. The van der Waals surface area contributed by atoms with Gasteiger partial charge in [-0.05, 0) is 12.0 Å². The van der Waals surface area contributed by atoms with Crippen LogP contribution in [0.1, 0.15) is 19.4 Å². The van der Waals surface area contributed by atoms with Crippen LogP contribution in [0.2, 0.25) is 0 Å². The molecule has 2 nitrogen and oxygen atoms in total. The van der Waals surface area contributed by atoms with Gasteiger partial charge in [0.05, 0.1) is 0 Å². The lowest BCUT2D eigenvalue weighted by Gasteiger charge is -1.98. The second-order valence-electron chi connectivity index (χ2n) is 2.31. The van der Waals surface area contributed by atoms with E-state index in [1.54, 1.807) is 0 Å². The minimum Gasteiger partial charge on any atom is -0.358 e. The van der Waals surface area contributed by atoms with Gasteiger partial charge in [0.2, 0.25) is 6.41 Å². The average molecular weight is 179 g/mol. The zero-order chi connectivity index (χ0) is 9.94. The molecule has 0 unspecified atom stereocenters. The maximum Gasteiger partial charge on any atom is 0.207 e. The Kier molecular flexibility index (Phi) is 7.90. The third kappa shape index (κ3) is 5.91. The molecule has 1 N–H and O–H groups in total. The van der Waals surface area contributed by atoms with E-state index in [-0.39, 0.29) is 0 Å². The first kappa shape index (κ1) is 11.7. The highest BCUT2D eigenvalue weighted by Crippen LogP contribution is 1.97. The summed E-state index contributed by atoms with van der Waals surface area (Å²) in [4.78, 5) is 9.88. The number of carbonyl (C=O) groups is 1. The lowest BCUT2D eigenvalue weighted by molar-refractivity contribution is -0.109. The van der Waals surface area contributed by atoms with Gasteiger partial charge in [0.25, 0.3) is 0 Å². The fourth-order valence-electron chi connectivity index (χ4n) is 0.920. The summed E-state index contributed by atoms with van der Waals surface area (Å²) in [5.41, 5.74) is 1.25. The molecule has 2 heteroatoms. The van der Waals surface area contributed by atoms with Crippen molar-refractivity contribution >= 4 is 6.41 Å². The van der Waals surface area contributed by atoms with Gasteiger partial charge in [-0.15, -0.1) is 0 Å². The normalized spacial score (nSPS) is 8.15. The van der Waals surface area contributed by atoms with Crippen molar-refractivity contribution in [3.63, 3.8) is 0 Å². The van der Waals surface area contributed by atoms with E-state index in [4.69, 9.17) is 0 Å². The van der Waals surface area contributed by atoms with Crippen molar-refractivity contribution in [2.75, 3.05) is 6.54 Å². The Balaban J connectivity index is 0.000000671. The summed E-state index contributed by atoms with van der Waals surface area (Å²) in [7, 11) is 0. The third-order valence-electron chi connectivity index (χ3n) is 1.48. The minimum atomic E-state index is 0.716. The molecule has 0 fully saturated rings. The van der Waals surface area contributed by atoms with E-state index in [1.807, 2.05) is 44.2 Å². The number of carbonyl (C=O) groups excluding carboxylic acids is 1. The summed E-state index contributed by atoms with van der Waals surface area (Å²) < 4.78 is 0. The van der Waals surface area contributed by atoms with E-state index in [0.29, 0.717) is 6.54 Å². The highest BCUT2D eigenvalue weighted by molar-refractivity contribution is 5.45. The van der Waals surface area contributed by atoms with Crippen LogP contribution in [0.5, 0.6) is 0 Å². The maximum absolute atomic E-state index is 9.88. The molecule has 0 bridgehead atoms. The number of rotatable bonds is 4. The second kappa shape index (κ2) is 8.78. The summed E-state index contributed by atoms with van der Waals surface area (Å²) >= 11 is 0. The standard InChI is InChI=1S/C9H11NO.C2H6/c11-8-10-7-6-9-4-2-1-3-5-9;1-2/h1-5,8H,6-7H2,(H,10,11);1-2H3. The minimum absolute atomic E-state index is 0.716. The van der Waals surface area contributed by atoms with Gasteiger partial charge in [0.1, 0.15) is 0 Å². The van der Waals surface area contributed by atoms with Crippen LogP contribution in [0.4, 0.5) is 0 Å². The first-order valence-electron chi connectivity index (χ1n) is 4.64. The van der Waals surface area contributed by atoms with Gasteiger partial charge < -0.3 is 5.32 Å². The summed E-state index contributed by atoms with van der Waals surface area (Å²) in [6.07, 6.45) is 1.63. The van der Waals surface area contributed by atoms with Crippen molar-refractivity contribution in [3.8, 4) is 0 Å². The van der Waals surface area contributed by atoms with Crippen LogP contribution in [-0.4, -0.2) is 13.0 Å². The zero-order valence-electron chi connectivity index (χ0n) is 8.29. The molecule has 13 heavy (non-hydrogen) atoms. The Labute approximate surface area is 80.0 Å². The predicted molar refractivity (Wildman–Crippen MR) is 55.6 cm³/mol. The molecular weight excluding hydrogens is 162 g/mol. The fraction of sp³-hybridized carbons (Fsp3) is 0.364. The number of amides is 1. The van der Waals surface area contributed by atoms with Crippen LogP contribution in [0.15, 0.2) is 30.3 Å². The van der Waals surface area contributed by atoms with Crippen LogP contribution in [0.25, 0.3) is 0 Å². The number of hydrogen-bond acceptors (Lipinski definition) is 1. The molecular formula is C11H17NO. The van der Waals surface area contributed by atoms with E-state index in [9.17, 15) is 4.79 Å². The molecule has 1 rings (SSSR count). The van der Waals surface area contributed by atoms with Crippen molar-refractivity contribution in [1.82, 2.24) is 5.32 Å². The Morgan fingerprint density at radius 2 is 1.85 bits per heavy atom. The van der Waals surface area contributed by atoms with Crippen LogP contribution in [0.3, 0.4) is 0 Å². The van der Waals surface area contributed by atoms with Gasteiger partial charge in [-0.25, -0.2) is 0 Å². The number of nitrogens with one attached hydrogen (secondary N) is 1. The Hall–Kier alpha value is -1.31. The lowest BCUT2D eigenvalue weighted by atomic mass is 10.2. The monoisotopic (exact) mass is 179 g/mol. The quantitative estimate of drug-likeness (QED) is 0.556. The van der Waals surface area contributed by atoms with Gasteiger partial charge in [-0.3, -0.25) is 4.79 Å². The first-order chi connectivity index (χ1) is 6.43. The van der Waals surface area contributed by atoms with E-state index in [1.165, 1.54) is 5.56 Å². The van der Waals surface area contributed by atoms with Gasteiger partial charge in [-0.2, -0.15) is 0 Å². The Morgan fingerprint density at radius 1 is 1.23 bits per heavy atom. The van der Waals surface area contributed by atoms with Crippen molar-refractivity contribution in [2.24, 2.45) is 0 Å². The van der Waals surface area contributed by atoms with E-state index < -0.39 is 0 Å². The summed E-state index contributed by atoms with van der Waals surface area (Å²) in [6.45, 7) is 4.72. The van der Waals surface area contributed by atoms with Crippen molar-refractivity contribution in [2.45, 2.75) is 20.3 Å². The summed E-state index contributed by atoms with van der Waals surface area (Å²) in [5, 5.41) is 2.62. The summed E-state index contributed by atoms with van der Waals surface area (Å²) in [6, 6.07) is 10.1. The molecule has 0 spiro atoms. The van der Waals surface area contributed by atoms with Gasteiger partial charge in [-0.1, -0.05) is 44.2 Å². The van der Waals surface area contributed by atoms with Crippen LogP contribution in [0, 0.1) is 0 Å².